The largest absolute Gasteiger partial charge is 0.462 e. The minimum absolute atomic E-state index is 0.0994. The second-order valence-corrected chi connectivity index (χ2v) is 20.9. The van der Waals surface area contributed by atoms with Crippen LogP contribution >= 0.6 is 0 Å². The van der Waals surface area contributed by atoms with E-state index in [1.165, 1.54) is 83.5 Å². The lowest BCUT2D eigenvalue weighted by atomic mass is 10.1. The molecule has 0 aliphatic rings. The first kappa shape index (κ1) is 74.3. The van der Waals surface area contributed by atoms with Crippen LogP contribution in [0.4, 0.5) is 0 Å². The Labute approximate surface area is 487 Å². The van der Waals surface area contributed by atoms with E-state index in [9.17, 15) is 14.4 Å². The van der Waals surface area contributed by atoms with Crippen molar-refractivity contribution in [3.63, 3.8) is 0 Å². The smallest absolute Gasteiger partial charge is 0.306 e. The van der Waals surface area contributed by atoms with Crippen LogP contribution in [0.15, 0.2) is 146 Å². The molecular formula is C73H118O6. The molecule has 0 saturated heterocycles. The van der Waals surface area contributed by atoms with Crippen molar-refractivity contribution in [2.75, 3.05) is 13.2 Å². The van der Waals surface area contributed by atoms with Gasteiger partial charge in [0, 0.05) is 19.3 Å². The first-order chi connectivity index (χ1) is 39.0. The van der Waals surface area contributed by atoms with Crippen LogP contribution in [0.5, 0.6) is 0 Å². The predicted octanol–water partition coefficient (Wildman–Crippen LogP) is 22.3. The molecule has 1 atom stereocenters. The van der Waals surface area contributed by atoms with E-state index in [-0.39, 0.29) is 31.1 Å². The lowest BCUT2D eigenvalue weighted by Gasteiger charge is -2.18. The number of carbonyl (C=O) groups is 3. The van der Waals surface area contributed by atoms with E-state index in [0.29, 0.717) is 19.3 Å². The quantitative estimate of drug-likeness (QED) is 0.0261. The van der Waals surface area contributed by atoms with Crippen molar-refractivity contribution in [1.82, 2.24) is 0 Å². The molecular weight excluding hydrogens is 973 g/mol. The second kappa shape index (κ2) is 65.8. The van der Waals surface area contributed by atoms with Crippen LogP contribution in [0.2, 0.25) is 0 Å². The van der Waals surface area contributed by atoms with Crippen molar-refractivity contribution in [2.24, 2.45) is 0 Å². The van der Waals surface area contributed by atoms with Gasteiger partial charge >= 0.3 is 17.9 Å². The minimum Gasteiger partial charge on any atom is -0.462 e. The summed E-state index contributed by atoms with van der Waals surface area (Å²) in [5.41, 5.74) is 0. The van der Waals surface area contributed by atoms with Crippen LogP contribution in [0.25, 0.3) is 0 Å². The average Bonchev–Trinajstić information content (AvgIpc) is 3.45. The van der Waals surface area contributed by atoms with Gasteiger partial charge in [-0.15, -0.1) is 0 Å². The Hall–Kier alpha value is -4.71. The van der Waals surface area contributed by atoms with E-state index >= 15 is 0 Å². The van der Waals surface area contributed by atoms with E-state index in [0.717, 1.165) is 154 Å². The molecule has 0 bridgehead atoms. The zero-order chi connectivity index (χ0) is 57.1. The van der Waals surface area contributed by atoms with Gasteiger partial charge in [0.1, 0.15) is 13.2 Å². The zero-order valence-electron chi connectivity index (χ0n) is 51.1. The third-order valence-electron chi connectivity index (χ3n) is 13.3. The number of hydrogen-bond acceptors (Lipinski definition) is 6. The van der Waals surface area contributed by atoms with E-state index in [2.05, 4.69) is 167 Å². The SMILES string of the molecule is CC/C=C\C/C=C\C/C=C\C/C=C\C/C=C\C/C=C\CCCCCCCCCCC(=O)OCC(COC(=O)CCCCCCCCC/C=C\C/C=C\CCCCC)OC(=O)CCCCCC/C=C\C/C=C\C/C=C\C/C=C\CC. The molecule has 446 valence electrons. The maximum Gasteiger partial charge on any atom is 0.306 e. The fourth-order valence-electron chi connectivity index (χ4n) is 8.53. The van der Waals surface area contributed by atoms with Crippen molar-refractivity contribution in [3.8, 4) is 0 Å². The zero-order valence-corrected chi connectivity index (χ0v) is 51.1. The minimum atomic E-state index is -0.806. The van der Waals surface area contributed by atoms with Gasteiger partial charge in [-0.2, -0.15) is 0 Å². The van der Waals surface area contributed by atoms with Gasteiger partial charge in [-0.1, -0.05) is 263 Å². The van der Waals surface area contributed by atoms with Crippen molar-refractivity contribution in [3.05, 3.63) is 146 Å². The van der Waals surface area contributed by atoms with Crippen molar-refractivity contribution in [2.45, 2.75) is 284 Å². The molecule has 0 N–H and O–H groups in total. The number of unbranched alkanes of at least 4 members (excludes halogenated alkanes) is 22. The van der Waals surface area contributed by atoms with Crippen LogP contribution in [0.1, 0.15) is 278 Å². The third kappa shape index (κ3) is 64.0. The van der Waals surface area contributed by atoms with E-state index < -0.39 is 6.10 Å². The van der Waals surface area contributed by atoms with Crippen LogP contribution in [0, 0.1) is 0 Å². The maximum atomic E-state index is 12.9. The summed E-state index contributed by atoms with van der Waals surface area (Å²) in [5.74, 6) is -0.938. The summed E-state index contributed by atoms with van der Waals surface area (Å²) in [6.45, 7) is 6.36. The molecule has 6 nitrogen and oxygen atoms in total. The summed E-state index contributed by atoms with van der Waals surface area (Å²) in [7, 11) is 0. The number of carbonyl (C=O) groups excluding carboxylic acids is 3. The lowest BCUT2D eigenvalue weighted by molar-refractivity contribution is -0.167. The Balaban J connectivity index is 4.43. The second-order valence-electron chi connectivity index (χ2n) is 20.9. The normalized spacial score (nSPS) is 13.1. The molecule has 0 aromatic carbocycles. The number of allylic oxidation sites excluding steroid dienone is 24. The van der Waals surface area contributed by atoms with Gasteiger partial charge < -0.3 is 14.2 Å². The molecule has 0 aliphatic carbocycles. The summed E-state index contributed by atoms with van der Waals surface area (Å²) in [6.07, 6.45) is 94.1. The highest BCUT2D eigenvalue weighted by atomic mass is 16.6. The van der Waals surface area contributed by atoms with Gasteiger partial charge in [0.15, 0.2) is 6.10 Å². The Morgan fingerprint density at radius 1 is 0.266 bits per heavy atom. The van der Waals surface area contributed by atoms with Gasteiger partial charge in [-0.05, 0) is 141 Å². The molecule has 0 rings (SSSR count). The summed E-state index contributed by atoms with van der Waals surface area (Å²) in [6, 6.07) is 0. The van der Waals surface area contributed by atoms with Crippen molar-refractivity contribution >= 4 is 17.9 Å². The molecule has 0 fully saturated rings. The lowest BCUT2D eigenvalue weighted by Crippen LogP contribution is -2.30. The van der Waals surface area contributed by atoms with Crippen LogP contribution in [0.3, 0.4) is 0 Å². The van der Waals surface area contributed by atoms with E-state index in [1.54, 1.807) is 0 Å². The Morgan fingerprint density at radius 2 is 0.494 bits per heavy atom. The summed E-state index contributed by atoms with van der Waals surface area (Å²) in [4.78, 5) is 38.4. The molecule has 79 heavy (non-hydrogen) atoms. The molecule has 0 aliphatic heterocycles. The Kier molecular flexibility index (Phi) is 61.9. The highest BCUT2D eigenvalue weighted by Gasteiger charge is 2.19. The van der Waals surface area contributed by atoms with Crippen LogP contribution in [-0.2, 0) is 28.6 Å². The summed E-state index contributed by atoms with van der Waals surface area (Å²) >= 11 is 0. The maximum absolute atomic E-state index is 12.9. The molecule has 6 heteroatoms. The predicted molar refractivity (Wildman–Crippen MR) is 343 cm³/mol. The molecule has 1 unspecified atom stereocenters. The first-order valence-corrected chi connectivity index (χ1v) is 32.3. The highest BCUT2D eigenvalue weighted by Crippen LogP contribution is 2.15. The van der Waals surface area contributed by atoms with Crippen molar-refractivity contribution in [1.29, 1.82) is 0 Å². The van der Waals surface area contributed by atoms with Crippen molar-refractivity contribution < 1.29 is 28.6 Å². The van der Waals surface area contributed by atoms with Crippen LogP contribution < -0.4 is 0 Å². The molecule has 0 spiro atoms. The summed E-state index contributed by atoms with van der Waals surface area (Å²) < 4.78 is 16.9. The average molecular weight is 1090 g/mol. The van der Waals surface area contributed by atoms with Gasteiger partial charge in [0.05, 0.1) is 0 Å². The molecule has 0 aromatic rings. The van der Waals surface area contributed by atoms with Gasteiger partial charge in [0.2, 0.25) is 0 Å². The number of esters is 3. The van der Waals surface area contributed by atoms with E-state index in [1.807, 2.05) is 0 Å². The van der Waals surface area contributed by atoms with E-state index in [4.69, 9.17) is 14.2 Å². The fourth-order valence-corrected chi connectivity index (χ4v) is 8.53. The molecule has 0 saturated carbocycles. The number of hydrogen-bond donors (Lipinski definition) is 0. The van der Waals surface area contributed by atoms with Crippen LogP contribution in [-0.4, -0.2) is 37.2 Å². The number of ether oxygens (including phenoxy) is 3. The molecule has 0 radical (unpaired) electrons. The van der Waals surface area contributed by atoms with Gasteiger partial charge in [-0.3, -0.25) is 14.4 Å². The summed E-state index contributed by atoms with van der Waals surface area (Å²) in [5, 5.41) is 0. The molecule has 0 aromatic heterocycles. The first-order valence-electron chi connectivity index (χ1n) is 32.3. The topological polar surface area (TPSA) is 78.9 Å². The number of rotatable bonds is 57. The Morgan fingerprint density at radius 3 is 0.772 bits per heavy atom. The standard InChI is InChI=1S/C73H118O6/c1-4-7-10-13-16-19-22-25-28-31-32-33-34-35-36-37-38-39-40-43-45-48-51-54-57-60-63-66-72(75)78-69-70(79-73(76)67-64-61-58-55-52-49-46-42-30-27-24-21-18-15-12-9-6-3)68-77-71(74)65-62-59-56-53-50-47-44-41-29-26-23-20-17-14-11-8-5-2/h7,9-10,12,16-21,25-30,32-33,35-36,38-39,46,49,70H,4-6,8,11,13-15,22-24,31,34,37,40-45,47-48,50-69H2,1-3H3/b10-7-,12-9-,19-16-,20-17-,21-18-,28-25-,29-26-,30-27-,33-32-,36-35-,39-38-,49-46-. The molecule has 0 heterocycles. The third-order valence-corrected chi connectivity index (χ3v) is 13.3. The Bertz CT molecular complexity index is 1730. The van der Waals surface area contributed by atoms with Gasteiger partial charge in [0.25, 0.3) is 0 Å². The highest BCUT2D eigenvalue weighted by molar-refractivity contribution is 5.71. The monoisotopic (exact) mass is 1090 g/mol. The molecule has 0 amide bonds. The fraction of sp³-hybridized carbons (Fsp3) is 0.630. The van der Waals surface area contributed by atoms with Gasteiger partial charge in [-0.25, -0.2) is 0 Å².